The van der Waals surface area contributed by atoms with Crippen LogP contribution in [-0.2, 0) is 26.1 Å². The number of sulfonamides is 1. The number of carbonyl (C=O) groups excluding carboxylic acids is 1. The maximum Gasteiger partial charge on any atom is 0.252 e. The Bertz CT molecular complexity index is 1240. The maximum atomic E-state index is 13.6. The molecule has 1 amide bonds. The molecule has 166 valence electrons. The minimum Gasteiger partial charge on any atom is -0.383 e. The summed E-state index contributed by atoms with van der Waals surface area (Å²) in [5, 5.41) is 1.73. The average molecular weight is 484 g/mol. The van der Waals surface area contributed by atoms with Crippen LogP contribution in [0.1, 0.15) is 12.8 Å². The second-order valence-electron chi connectivity index (χ2n) is 7.20. The number of thiazole rings is 1. The van der Waals surface area contributed by atoms with E-state index in [-0.39, 0.29) is 30.7 Å². The molecule has 0 saturated carbocycles. The van der Waals surface area contributed by atoms with Crippen LogP contribution in [0.3, 0.4) is 0 Å². The van der Waals surface area contributed by atoms with E-state index in [0.717, 1.165) is 5.52 Å². The van der Waals surface area contributed by atoms with Crippen LogP contribution in [0.4, 0.5) is 4.39 Å². The number of methoxy groups -OCH3 is 1. The van der Waals surface area contributed by atoms with E-state index in [2.05, 4.69) is 4.99 Å². The summed E-state index contributed by atoms with van der Waals surface area (Å²) in [5.74, 6) is -0.955. The van der Waals surface area contributed by atoms with Crippen molar-refractivity contribution in [3.05, 3.63) is 46.3 Å². The van der Waals surface area contributed by atoms with Crippen molar-refractivity contribution in [2.24, 2.45) is 10.9 Å². The van der Waals surface area contributed by atoms with E-state index in [4.69, 9.17) is 4.74 Å². The van der Waals surface area contributed by atoms with Crippen LogP contribution >= 0.6 is 22.7 Å². The molecule has 0 bridgehead atoms. The molecule has 1 aliphatic heterocycles. The number of halogens is 1. The normalized spacial score (nSPS) is 16.9. The van der Waals surface area contributed by atoms with Crippen molar-refractivity contribution in [1.29, 1.82) is 0 Å². The van der Waals surface area contributed by atoms with Crippen molar-refractivity contribution < 1.29 is 22.3 Å². The minimum atomic E-state index is -3.51. The van der Waals surface area contributed by atoms with E-state index in [0.29, 0.717) is 39.7 Å². The Labute approximate surface area is 187 Å². The number of amides is 1. The highest BCUT2D eigenvalue weighted by Crippen LogP contribution is 2.27. The first-order chi connectivity index (χ1) is 14.9. The van der Waals surface area contributed by atoms with Gasteiger partial charge in [-0.25, -0.2) is 12.8 Å². The lowest BCUT2D eigenvalue weighted by Gasteiger charge is -2.29. The van der Waals surface area contributed by atoms with E-state index in [9.17, 15) is 17.6 Å². The molecule has 1 fully saturated rings. The third-order valence-electron chi connectivity index (χ3n) is 5.26. The van der Waals surface area contributed by atoms with Gasteiger partial charge in [-0.05, 0) is 42.5 Å². The van der Waals surface area contributed by atoms with E-state index in [1.807, 2.05) is 4.57 Å². The highest BCUT2D eigenvalue weighted by atomic mass is 32.2. The summed E-state index contributed by atoms with van der Waals surface area (Å²) in [5.41, 5.74) is 0.798. The molecule has 11 heteroatoms. The van der Waals surface area contributed by atoms with Gasteiger partial charge in [0.1, 0.15) is 10.0 Å². The molecule has 0 radical (unpaired) electrons. The predicted molar refractivity (Wildman–Crippen MR) is 118 cm³/mol. The van der Waals surface area contributed by atoms with Gasteiger partial charge in [-0.1, -0.05) is 17.4 Å². The third-order valence-corrected chi connectivity index (χ3v) is 9.57. The Morgan fingerprint density at radius 2 is 2.06 bits per heavy atom. The number of aromatic nitrogens is 1. The van der Waals surface area contributed by atoms with Crippen molar-refractivity contribution in [2.75, 3.05) is 26.8 Å². The van der Waals surface area contributed by atoms with Crippen molar-refractivity contribution in [3.8, 4) is 0 Å². The second kappa shape index (κ2) is 9.29. The summed E-state index contributed by atoms with van der Waals surface area (Å²) >= 11 is 2.45. The van der Waals surface area contributed by atoms with Crippen LogP contribution in [0.25, 0.3) is 10.2 Å². The van der Waals surface area contributed by atoms with E-state index in [1.165, 1.54) is 39.1 Å². The smallest absolute Gasteiger partial charge is 0.252 e. The van der Waals surface area contributed by atoms with Gasteiger partial charge >= 0.3 is 0 Å². The number of nitrogens with zero attached hydrogens (tertiary/aromatic N) is 3. The largest absolute Gasteiger partial charge is 0.383 e. The van der Waals surface area contributed by atoms with Gasteiger partial charge in [-0.15, -0.1) is 11.3 Å². The Kier molecular flexibility index (Phi) is 6.68. The van der Waals surface area contributed by atoms with Crippen molar-refractivity contribution in [1.82, 2.24) is 8.87 Å². The number of carbonyl (C=O) groups is 1. The Morgan fingerprint density at radius 3 is 2.74 bits per heavy atom. The summed E-state index contributed by atoms with van der Waals surface area (Å²) in [6.07, 6.45) is 0.842. The van der Waals surface area contributed by atoms with Crippen LogP contribution in [0.5, 0.6) is 0 Å². The van der Waals surface area contributed by atoms with Crippen LogP contribution in [0.15, 0.2) is 44.9 Å². The molecule has 2 aromatic heterocycles. The van der Waals surface area contributed by atoms with E-state index < -0.39 is 10.0 Å². The lowest BCUT2D eigenvalue weighted by atomic mass is 9.98. The molecule has 0 atom stereocenters. The predicted octanol–water partition coefficient (Wildman–Crippen LogP) is 3.08. The van der Waals surface area contributed by atoms with Gasteiger partial charge in [0.15, 0.2) is 4.80 Å². The van der Waals surface area contributed by atoms with Gasteiger partial charge in [0.2, 0.25) is 0 Å². The summed E-state index contributed by atoms with van der Waals surface area (Å²) in [7, 11) is -1.91. The first kappa shape index (κ1) is 22.3. The Balaban J connectivity index is 1.54. The van der Waals surface area contributed by atoms with E-state index >= 15 is 0 Å². The Morgan fingerprint density at radius 1 is 1.29 bits per heavy atom. The van der Waals surface area contributed by atoms with E-state index in [1.54, 1.807) is 30.7 Å². The number of thiophene rings is 1. The third kappa shape index (κ3) is 4.65. The molecule has 0 aliphatic carbocycles. The number of rotatable bonds is 6. The quantitative estimate of drug-likeness (QED) is 0.540. The Hall–Kier alpha value is -1.92. The van der Waals surface area contributed by atoms with Gasteiger partial charge in [0, 0.05) is 32.7 Å². The maximum absolute atomic E-state index is 13.6. The lowest BCUT2D eigenvalue weighted by Crippen LogP contribution is -2.40. The first-order valence-corrected chi connectivity index (χ1v) is 12.9. The molecule has 1 aliphatic rings. The first-order valence-electron chi connectivity index (χ1n) is 9.80. The molecule has 4 rings (SSSR count). The zero-order valence-electron chi connectivity index (χ0n) is 16.9. The average Bonchev–Trinajstić information content (AvgIpc) is 3.41. The summed E-state index contributed by atoms with van der Waals surface area (Å²) < 4.78 is 48.5. The monoisotopic (exact) mass is 483 g/mol. The van der Waals surface area contributed by atoms with Gasteiger partial charge in [0.25, 0.3) is 15.9 Å². The number of benzene rings is 1. The number of ether oxygens (including phenoxy) is 1. The summed E-state index contributed by atoms with van der Waals surface area (Å²) in [6.45, 7) is 1.50. The molecule has 0 spiro atoms. The molecule has 1 aromatic carbocycles. The highest BCUT2D eigenvalue weighted by Gasteiger charge is 2.32. The molecule has 7 nitrogen and oxygen atoms in total. The van der Waals surface area contributed by atoms with Crippen LogP contribution in [-0.4, -0.2) is 50.0 Å². The molecule has 1 saturated heterocycles. The van der Waals surface area contributed by atoms with Crippen LogP contribution in [0, 0.1) is 11.7 Å². The molecule has 0 unspecified atom stereocenters. The fourth-order valence-corrected chi connectivity index (χ4v) is 7.30. The number of hydrogen-bond acceptors (Lipinski definition) is 6. The number of piperidine rings is 1. The SMILES string of the molecule is COCCn1c(=NC(=O)C2CCN(S(=O)(=O)c3cccs3)CC2)sc2cc(F)ccc21. The molecule has 31 heavy (non-hydrogen) atoms. The van der Waals surface area contributed by atoms with Gasteiger partial charge < -0.3 is 9.30 Å². The van der Waals surface area contributed by atoms with Gasteiger partial charge in [-0.3, -0.25) is 4.79 Å². The zero-order chi connectivity index (χ0) is 22.0. The van der Waals surface area contributed by atoms with Gasteiger partial charge in [0.05, 0.1) is 16.8 Å². The minimum absolute atomic E-state index is 0.272. The van der Waals surface area contributed by atoms with Gasteiger partial charge in [-0.2, -0.15) is 9.30 Å². The zero-order valence-corrected chi connectivity index (χ0v) is 19.3. The highest BCUT2D eigenvalue weighted by molar-refractivity contribution is 7.91. The van der Waals surface area contributed by atoms with Crippen molar-refractivity contribution in [3.63, 3.8) is 0 Å². The number of fused-ring (bicyclic) bond motifs is 1. The van der Waals surface area contributed by atoms with Crippen LogP contribution in [0.2, 0.25) is 0 Å². The molecular weight excluding hydrogens is 461 g/mol. The lowest BCUT2D eigenvalue weighted by molar-refractivity contribution is -0.122. The summed E-state index contributed by atoms with van der Waals surface area (Å²) in [4.78, 5) is 17.7. The fraction of sp³-hybridized carbons (Fsp3) is 0.400. The van der Waals surface area contributed by atoms with Crippen LogP contribution < -0.4 is 4.80 Å². The molecule has 3 heterocycles. The molecular formula is C20H22FN3O4S3. The van der Waals surface area contributed by atoms with Crippen molar-refractivity contribution >= 4 is 48.8 Å². The molecule has 3 aromatic rings. The standard InChI is InChI=1S/C20H22FN3O4S3/c1-28-11-10-24-16-5-4-15(21)13-17(16)30-20(24)22-19(25)14-6-8-23(9-7-14)31(26,27)18-3-2-12-29-18/h2-5,12-14H,6-11H2,1H3. The topological polar surface area (TPSA) is 81.0 Å². The molecule has 0 N–H and O–H groups in total. The second-order valence-corrected chi connectivity index (χ2v) is 11.3. The van der Waals surface area contributed by atoms with Crippen molar-refractivity contribution in [2.45, 2.75) is 23.6 Å². The summed E-state index contributed by atoms with van der Waals surface area (Å²) in [6, 6.07) is 7.79. The number of hydrogen-bond donors (Lipinski definition) is 0. The fourth-order valence-electron chi connectivity index (χ4n) is 3.60.